The zero-order valence-electron chi connectivity index (χ0n) is 9.09. The second-order valence-electron chi connectivity index (χ2n) is 4.08. The predicted molar refractivity (Wildman–Crippen MR) is 71.7 cm³/mol. The summed E-state index contributed by atoms with van der Waals surface area (Å²) in [5.74, 6) is 0.867. The predicted octanol–water partition coefficient (Wildman–Crippen LogP) is 3.59. The number of pyridine rings is 1. The molecule has 0 spiro atoms. The van der Waals surface area contributed by atoms with Crippen LogP contribution in [-0.2, 0) is 4.74 Å². The first-order valence-corrected chi connectivity index (χ1v) is 6.84. The second-order valence-corrected chi connectivity index (χ2v) is 5.85. The number of halogens is 2. The van der Waals surface area contributed by atoms with E-state index in [9.17, 15) is 0 Å². The lowest BCUT2D eigenvalue weighted by Crippen LogP contribution is -2.45. The fraction of sp³-hybridized carbons (Fsp3) is 0.545. The van der Waals surface area contributed by atoms with Crippen LogP contribution in [-0.4, -0.2) is 24.2 Å². The van der Waals surface area contributed by atoms with Crippen molar-refractivity contribution in [2.75, 3.05) is 19.0 Å². The van der Waals surface area contributed by atoms with Crippen molar-refractivity contribution in [2.24, 2.45) is 0 Å². The van der Waals surface area contributed by atoms with Gasteiger partial charge >= 0.3 is 0 Å². The Kier molecular flexibility index (Phi) is 3.87. The summed E-state index contributed by atoms with van der Waals surface area (Å²) in [5, 5.41) is 3.33. The van der Waals surface area contributed by atoms with Gasteiger partial charge in [0, 0.05) is 24.3 Å². The molecular weight excluding hydrogens is 336 g/mol. The van der Waals surface area contributed by atoms with Crippen LogP contribution in [0, 0.1) is 0 Å². The molecule has 1 aliphatic rings. The van der Waals surface area contributed by atoms with E-state index in [0.29, 0.717) is 0 Å². The van der Waals surface area contributed by atoms with Crippen LogP contribution in [0.25, 0.3) is 0 Å². The fourth-order valence-electron chi connectivity index (χ4n) is 1.81. The molecule has 0 bridgehead atoms. The molecule has 1 saturated carbocycles. The lowest BCUT2D eigenvalue weighted by Gasteiger charge is -2.40. The van der Waals surface area contributed by atoms with Crippen LogP contribution in [0.15, 0.2) is 21.2 Å². The monoisotopic (exact) mass is 348 g/mol. The van der Waals surface area contributed by atoms with Crippen LogP contribution in [0.1, 0.15) is 19.3 Å². The summed E-state index contributed by atoms with van der Waals surface area (Å²) < 4.78 is 7.48. The van der Waals surface area contributed by atoms with Crippen LogP contribution in [0.5, 0.6) is 0 Å². The Hall–Kier alpha value is -0.130. The van der Waals surface area contributed by atoms with E-state index in [1.807, 2.05) is 6.07 Å². The van der Waals surface area contributed by atoms with Gasteiger partial charge in [0.15, 0.2) is 0 Å². The Labute approximate surface area is 112 Å². The standard InChI is InChI=1S/C11H14Br2N2O/c1-16-11(3-2-4-11)7-15-10-9(13)5-8(12)6-14-10/h5-6H,2-4,7H2,1H3,(H,14,15). The molecule has 88 valence electrons. The summed E-state index contributed by atoms with van der Waals surface area (Å²) in [6.07, 6.45) is 5.30. The zero-order valence-corrected chi connectivity index (χ0v) is 12.3. The maximum atomic E-state index is 5.54. The number of hydrogen-bond acceptors (Lipinski definition) is 3. The van der Waals surface area contributed by atoms with Crippen molar-refractivity contribution in [3.8, 4) is 0 Å². The molecule has 0 saturated heterocycles. The molecule has 1 N–H and O–H groups in total. The summed E-state index contributed by atoms with van der Waals surface area (Å²) in [7, 11) is 1.78. The number of nitrogens with zero attached hydrogens (tertiary/aromatic N) is 1. The average Bonchev–Trinajstić information content (AvgIpc) is 2.19. The van der Waals surface area contributed by atoms with Crippen LogP contribution < -0.4 is 5.32 Å². The van der Waals surface area contributed by atoms with E-state index in [0.717, 1.165) is 34.1 Å². The van der Waals surface area contributed by atoms with Crippen LogP contribution in [0.2, 0.25) is 0 Å². The zero-order chi connectivity index (χ0) is 11.6. The first-order valence-electron chi connectivity index (χ1n) is 5.25. The Morgan fingerprint density at radius 1 is 1.50 bits per heavy atom. The molecule has 0 aromatic carbocycles. The Morgan fingerprint density at radius 3 is 2.75 bits per heavy atom. The first-order chi connectivity index (χ1) is 7.65. The molecular formula is C11H14Br2N2O. The third kappa shape index (κ3) is 2.57. The van der Waals surface area contributed by atoms with Crippen molar-refractivity contribution in [2.45, 2.75) is 24.9 Å². The number of methoxy groups -OCH3 is 1. The van der Waals surface area contributed by atoms with E-state index in [4.69, 9.17) is 4.74 Å². The number of hydrogen-bond donors (Lipinski definition) is 1. The highest BCUT2D eigenvalue weighted by Crippen LogP contribution is 2.35. The molecule has 1 aromatic rings. The van der Waals surface area contributed by atoms with Crippen LogP contribution in [0.4, 0.5) is 5.82 Å². The van der Waals surface area contributed by atoms with Crippen molar-refractivity contribution in [1.82, 2.24) is 4.98 Å². The minimum atomic E-state index is 0.0220. The lowest BCUT2D eigenvalue weighted by molar-refractivity contribution is -0.0601. The molecule has 16 heavy (non-hydrogen) atoms. The minimum absolute atomic E-state index is 0.0220. The van der Waals surface area contributed by atoms with Gasteiger partial charge in [0.2, 0.25) is 0 Å². The molecule has 2 rings (SSSR count). The van der Waals surface area contributed by atoms with Crippen molar-refractivity contribution < 1.29 is 4.74 Å². The van der Waals surface area contributed by atoms with Crippen molar-refractivity contribution in [3.05, 3.63) is 21.2 Å². The van der Waals surface area contributed by atoms with Crippen molar-refractivity contribution in [1.29, 1.82) is 0 Å². The fourth-order valence-corrected chi connectivity index (χ4v) is 2.94. The van der Waals surface area contributed by atoms with Gasteiger partial charge in [0.1, 0.15) is 5.82 Å². The molecule has 0 unspecified atom stereocenters. The number of anilines is 1. The van der Waals surface area contributed by atoms with Gasteiger partial charge < -0.3 is 10.1 Å². The van der Waals surface area contributed by atoms with Gasteiger partial charge in [0.05, 0.1) is 10.1 Å². The van der Waals surface area contributed by atoms with Gasteiger partial charge in [-0.05, 0) is 57.2 Å². The number of nitrogens with one attached hydrogen (secondary N) is 1. The topological polar surface area (TPSA) is 34.1 Å². The average molecular weight is 350 g/mol. The Morgan fingerprint density at radius 2 is 2.25 bits per heavy atom. The molecule has 5 heteroatoms. The van der Waals surface area contributed by atoms with Gasteiger partial charge in [-0.2, -0.15) is 0 Å². The molecule has 1 heterocycles. The molecule has 0 aliphatic heterocycles. The van der Waals surface area contributed by atoms with E-state index in [1.54, 1.807) is 13.3 Å². The molecule has 1 fully saturated rings. The van der Waals surface area contributed by atoms with Crippen molar-refractivity contribution in [3.63, 3.8) is 0 Å². The quantitative estimate of drug-likeness (QED) is 0.901. The van der Waals surface area contributed by atoms with E-state index < -0.39 is 0 Å². The van der Waals surface area contributed by atoms with E-state index in [2.05, 4.69) is 42.2 Å². The van der Waals surface area contributed by atoms with E-state index in [1.165, 1.54) is 6.42 Å². The molecule has 3 nitrogen and oxygen atoms in total. The third-order valence-corrected chi connectivity index (χ3v) is 4.12. The molecule has 1 aliphatic carbocycles. The summed E-state index contributed by atoms with van der Waals surface area (Å²) >= 11 is 6.86. The van der Waals surface area contributed by atoms with Gasteiger partial charge in [-0.25, -0.2) is 4.98 Å². The molecule has 1 aromatic heterocycles. The lowest BCUT2D eigenvalue weighted by atomic mass is 9.80. The largest absolute Gasteiger partial charge is 0.376 e. The second kappa shape index (κ2) is 5.02. The number of rotatable bonds is 4. The smallest absolute Gasteiger partial charge is 0.140 e. The Balaban J connectivity index is 1.99. The highest BCUT2D eigenvalue weighted by molar-refractivity contribution is 9.11. The number of ether oxygens (including phenoxy) is 1. The van der Waals surface area contributed by atoms with E-state index >= 15 is 0 Å². The third-order valence-electron chi connectivity index (χ3n) is 3.08. The first kappa shape index (κ1) is 12.3. The molecule has 0 atom stereocenters. The van der Waals surface area contributed by atoms with Gasteiger partial charge in [-0.1, -0.05) is 0 Å². The van der Waals surface area contributed by atoms with Gasteiger partial charge in [-0.3, -0.25) is 0 Å². The highest BCUT2D eigenvalue weighted by Gasteiger charge is 2.36. The van der Waals surface area contributed by atoms with Crippen LogP contribution >= 0.6 is 31.9 Å². The van der Waals surface area contributed by atoms with E-state index in [-0.39, 0.29) is 5.60 Å². The summed E-state index contributed by atoms with van der Waals surface area (Å²) in [6, 6.07) is 1.98. The summed E-state index contributed by atoms with van der Waals surface area (Å²) in [4.78, 5) is 4.31. The maximum absolute atomic E-state index is 5.54. The summed E-state index contributed by atoms with van der Waals surface area (Å²) in [6.45, 7) is 0.816. The molecule has 0 radical (unpaired) electrons. The SMILES string of the molecule is COC1(CNc2ncc(Br)cc2Br)CCC1. The Bertz CT molecular complexity index is 375. The summed E-state index contributed by atoms with van der Waals surface area (Å²) in [5.41, 5.74) is 0.0220. The molecule has 0 amide bonds. The van der Waals surface area contributed by atoms with Gasteiger partial charge in [-0.15, -0.1) is 0 Å². The van der Waals surface area contributed by atoms with Crippen molar-refractivity contribution >= 4 is 37.7 Å². The van der Waals surface area contributed by atoms with Crippen LogP contribution in [0.3, 0.4) is 0 Å². The number of aromatic nitrogens is 1. The van der Waals surface area contributed by atoms with Gasteiger partial charge in [0.25, 0.3) is 0 Å². The maximum Gasteiger partial charge on any atom is 0.140 e. The minimum Gasteiger partial charge on any atom is -0.376 e. The highest BCUT2D eigenvalue weighted by atomic mass is 79.9. The normalized spacial score (nSPS) is 17.9.